The quantitative estimate of drug-likeness (QED) is 0.560. The Labute approximate surface area is 165 Å². The van der Waals surface area contributed by atoms with E-state index in [1.165, 1.54) is 0 Å². The van der Waals surface area contributed by atoms with Gasteiger partial charge in [-0.05, 0) is 44.0 Å². The van der Waals surface area contributed by atoms with Crippen molar-refractivity contribution >= 4 is 13.5 Å². The fraction of sp³-hybridized carbons (Fsp3) is 0.526. The molecule has 1 aromatic carbocycles. The zero-order valence-corrected chi connectivity index (χ0v) is 17.3. The van der Waals surface area contributed by atoms with Gasteiger partial charge < -0.3 is 24.4 Å². The molecule has 0 aromatic heterocycles. The molecule has 0 saturated heterocycles. The second-order valence-electron chi connectivity index (χ2n) is 6.29. The van der Waals surface area contributed by atoms with Crippen molar-refractivity contribution in [3.05, 3.63) is 41.2 Å². The fourth-order valence-electron chi connectivity index (χ4n) is 2.93. The van der Waals surface area contributed by atoms with E-state index in [-0.39, 0.29) is 25.2 Å². The average Bonchev–Trinajstić information content (AvgIpc) is 2.68. The van der Waals surface area contributed by atoms with Crippen LogP contribution in [-0.4, -0.2) is 56.4 Å². The SMILES string of the molecule is CCOP(=O)(CCN1CCc2cc(OC/C(=C/F)CN)ccc2C1=O)OCC. The molecule has 0 fully saturated rings. The predicted octanol–water partition coefficient (Wildman–Crippen LogP) is 3.14. The lowest BCUT2D eigenvalue weighted by molar-refractivity contribution is 0.0747. The highest BCUT2D eigenvalue weighted by Crippen LogP contribution is 2.47. The number of ether oxygens (including phenoxy) is 1. The average molecular weight is 414 g/mol. The second-order valence-corrected chi connectivity index (χ2v) is 8.48. The minimum absolute atomic E-state index is 0.0655. The van der Waals surface area contributed by atoms with Crippen LogP contribution in [-0.2, 0) is 20.0 Å². The molecule has 1 aliphatic heterocycles. The Bertz CT molecular complexity index is 746. The summed E-state index contributed by atoms with van der Waals surface area (Å²) in [6, 6.07) is 5.17. The van der Waals surface area contributed by atoms with E-state index in [4.69, 9.17) is 19.5 Å². The molecule has 0 unspecified atom stereocenters. The number of carbonyl (C=O) groups is 1. The standard InChI is InChI=1S/C19H28FN2O5P/c1-3-26-28(24,27-4-2)10-9-22-8-7-16-11-17(5-6-18(16)19(22)23)25-14-15(12-20)13-21/h5-6,11-12H,3-4,7-10,13-14,21H2,1-2H3/b15-12+. The first-order valence-electron chi connectivity index (χ1n) is 9.37. The minimum Gasteiger partial charge on any atom is -0.489 e. The summed E-state index contributed by atoms with van der Waals surface area (Å²) in [6.07, 6.45) is 1.26. The Morgan fingerprint density at radius 2 is 2.04 bits per heavy atom. The van der Waals surface area contributed by atoms with E-state index >= 15 is 0 Å². The summed E-state index contributed by atoms with van der Waals surface area (Å²) in [6.45, 7) is 5.06. The van der Waals surface area contributed by atoms with E-state index in [0.717, 1.165) is 5.56 Å². The monoisotopic (exact) mass is 414 g/mol. The van der Waals surface area contributed by atoms with E-state index < -0.39 is 7.60 Å². The van der Waals surface area contributed by atoms with Crippen LogP contribution in [0, 0.1) is 0 Å². The zero-order valence-electron chi connectivity index (χ0n) is 16.4. The maximum atomic E-state index is 12.8. The first kappa shape index (κ1) is 22.6. The van der Waals surface area contributed by atoms with Gasteiger partial charge >= 0.3 is 7.60 Å². The van der Waals surface area contributed by atoms with Crippen LogP contribution >= 0.6 is 7.60 Å². The molecule has 1 heterocycles. The lowest BCUT2D eigenvalue weighted by Gasteiger charge is -2.30. The van der Waals surface area contributed by atoms with Crippen molar-refractivity contribution in [2.45, 2.75) is 20.3 Å². The van der Waals surface area contributed by atoms with Crippen molar-refractivity contribution in [1.82, 2.24) is 4.90 Å². The number of halogens is 1. The van der Waals surface area contributed by atoms with Gasteiger partial charge in [-0.15, -0.1) is 0 Å². The summed E-state index contributed by atoms with van der Waals surface area (Å²) in [5, 5.41) is 0. The van der Waals surface area contributed by atoms with Crippen LogP contribution < -0.4 is 10.5 Å². The molecule has 0 bridgehead atoms. The van der Waals surface area contributed by atoms with E-state index in [9.17, 15) is 13.8 Å². The van der Waals surface area contributed by atoms with Gasteiger partial charge in [-0.3, -0.25) is 9.36 Å². The number of nitrogens with zero attached hydrogens (tertiary/aromatic N) is 1. The summed E-state index contributed by atoms with van der Waals surface area (Å²) in [7, 11) is -3.19. The number of amides is 1. The number of hydrogen-bond donors (Lipinski definition) is 1. The highest BCUT2D eigenvalue weighted by molar-refractivity contribution is 7.53. The predicted molar refractivity (Wildman–Crippen MR) is 106 cm³/mol. The lowest BCUT2D eigenvalue weighted by Crippen LogP contribution is -2.39. The number of hydrogen-bond acceptors (Lipinski definition) is 6. The molecule has 2 N–H and O–H groups in total. The molecule has 9 heteroatoms. The molecule has 0 aliphatic carbocycles. The molecule has 1 amide bonds. The summed E-state index contributed by atoms with van der Waals surface area (Å²) < 4.78 is 41.3. The second kappa shape index (κ2) is 10.7. The Morgan fingerprint density at radius 1 is 1.32 bits per heavy atom. The summed E-state index contributed by atoms with van der Waals surface area (Å²) in [5.41, 5.74) is 7.22. The molecule has 0 saturated carbocycles. The number of fused-ring (bicyclic) bond motifs is 1. The van der Waals surface area contributed by atoms with Crippen molar-refractivity contribution < 1.29 is 27.5 Å². The van der Waals surface area contributed by atoms with Gasteiger partial charge in [-0.25, -0.2) is 4.39 Å². The number of benzene rings is 1. The Kier molecular flexibility index (Phi) is 8.63. The van der Waals surface area contributed by atoms with Crippen molar-refractivity contribution in [2.75, 3.05) is 45.6 Å². The molecule has 156 valence electrons. The van der Waals surface area contributed by atoms with Gasteiger partial charge in [0.2, 0.25) is 0 Å². The molecule has 2 rings (SSSR count). The largest absolute Gasteiger partial charge is 0.489 e. The smallest absolute Gasteiger partial charge is 0.332 e. The van der Waals surface area contributed by atoms with E-state index in [0.29, 0.717) is 55.9 Å². The van der Waals surface area contributed by atoms with Gasteiger partial charge in [0.1, 0.15) is 12.4 Å². The van der Waals surface area contributed by atoms with Crippen molar-refractivity contribution in [3.63, 3.8) is 0 Å². The van der Waals surface area contributed by atoms with Crippen molar-refractivity contribution in [3.8, 4) is 5.75 Å². The van der Waals surface area contributed by atoms with Gasteiger partial charge in [0.25, 0.3) is 5.91 Å². The number of rotatable bonds is 11. The lowest BCUT2D eigenvalue weighted by atomic mass is 9.99. The van der Waals surface area contributed by atoms with Crippen LogP contribution in [0.2, 0.25) is 0 Å². The molecular weight excluding hydrogens is 386 g/mol. The number of nitrogens with two attached hydrogens (primary N) is 1. The first-order valence-corrected chi connectivity index (χ1v) is 11.1. The molecule has 1 aliphatic rings. The van der Waals surface area contributed by atoms with Crippen molar-refractivity contribution in [2.24, 2.45) is 5.73 Å². The van der Waals surface area contributed by atoms with Crippen molar-refractivity contribution in [1.29, 1.82) is 0 Å². The van der Waals surface area contributed by atoms with E-state index in [1.807, 2.05) is 0 Å². The van der Waals surface area contributed by atoms with Crippen LogP contribution in [0.25, 0.3) is 0 Å². The normalized spacial score (nSPS) is 14.9. The number of carbonyl (C=O) groups excluding carboxylic acids is 1. The Balaban J connectivity index is 2.01. The third-order valence-electron chi connectivity index (χ3n) is 4.38. The molecule has 0 radical (unpaired) electrons. The topological polar surface area (TPSA) is 91.1 Å². The third kappa shape index (κ3) is 5.88. The molecule has 0 spiro atoms. The van der Waals surface area contributed by atoms with E-state index in [2.05, 4.69) is 0 Å². The van der Waals surface area contributed by atoms with Gasteiger partial charge in [0.15, 0.2) is 0 Å². The Morgan fingerprint density at radius 3 is 2.64 bits per heavy atom. The van der Waals surface area contributed by atoms with Gasteiger partial charge in [0, 0.05) is 30.8 Å². The highest BCUT2D eigenvalue weighted by atomic mass is 31.2. The fourth-order valence-corrected chi connectivity index (χ4v) is 4.54. The van der Waals surface area contributed by atoms with Crippen LogP contribution in [0.4, 0.5) is 4.39 Å². The molecule has 7 nitrogen and oxygen atoms in total. The molecule has 28 heavy (non-hydrogen) atoms. The molecule has 0 atom stereocenters. The van der Waals surface area contributed by atoms with Gasteiger partial charge in [-0.1, -0.05) is 0 Å². The van der Waals surface area contributed by atoms with Crippen LogP contribution in [0.3, 0.4) is 0 Å². The third-order valence-corrected chi connectivity index (χ3v) is 6.43. The first-order chi connectivity index (χ1) is 13.5. The molecular formula is C19H28FN2O5P. The zero-order chi connectivity index (χ0) is 20.6. The Hall–Kier alpha value is -1.73. The van der Waals surface area contributed by atoms with Crippen LogP contribution in [0.1, 0.15) is 29.8 Å². The summed E-state index contributed by atoms with van der Waals surface area (Å²) in [4.78, 5) is 14.4. The van der Waals surface area contributed by atoms with Crippen LogP contribution in [0.5, 0.6) is 5.75 Å². The summed E-state index contributed by atoms with van der Waals surface area (Å²) >= 11 is 0. The molecule has 1 aromatic rings. The maximum absolute atomic E-state index is 12.8. The highest BCUT2D eigenvalue weighted by Gasteiger charge is 2.29. The van der Waals surface area contributed by atoms with Gasteiger partial charge in [-0.2, -0.15) is 0 Å². The van der Waals surface area contributed by atoms with E-state index in [1.54, 1.807) is 36.9 Å². The van der Waals surface area contributed by atoms with Gasteiger partial charge in [0.05, 0.1) is 25.7 Å². The maximum Gasteiger partial charge on any atom is 0.332 e. The summed E-state index contributed by atoms with van der Waals surface area (Å²) in [5.74, 6) is 0.434. The minimum atomic E-state index is -3.19. The van der Waals surface area contributed by atoms with Crippen LogP contribution in [0.15, 0.2) is 30.1 Å².